The molecule has 21 heavy (non-hydrogen) atoms. The molecule has 0 aromatic heterocycles. The maximum absolute atomic E-state index is 8.75. The van der Waals surface area contributed by atoms with Crippen molar-refractivity contribution in [1.29, 1.82) is 5.26 Å². The molecule has 0 bridgehead atoms. The van der Waals surface area contributed by atoms with Crippen molar-refractivity contribution in [2.24, 2.45) is 0 Å². The van der Waals surface area contributed by atoms with Crippen LogP contribution in [0, 0.1) is 11.3 Å². The third-order valence-electron chi connectivity index (χ3n) is 3.13. The van der Waals surface area contributed by atoms with E-state index in [0.717, 1.165) is 17.7 Å². The van der Waals surface area contributed by atoms with Gasteiger partial charge in [-0.3, -0.25) is 0 Å². The molecule has 2 nitrogen and oxygen atoms in total. The summed E-state index contributed by atoms with van der Waals surface area (Å²) in [6.45, 7) is 2.68. The maximum atomic E-state index is 8.75. The van der Waals surface area contributed by atoms with Crippen LogP contribution in [-0.4, -0.2) is 0 Å². The summed E-state index contributed by atoms with van der Waals surface area (Å²) in [6, 6.07) is 17.6. The minimum Gasteiger partial charge on any atom is -0.489 e. The van der Waals surface area contributed by atoms with Crippen LogP contribution in [0.25, 0.3) is 6.08 Å². The first kappa shape index (κ1) is 14.9. The van der Waals surface area contributed by atoms with Gasteiger partial charge in [-0.2, -0.15) is 5.26 Å². The first-order valence-electron chi connectivity index (χ1n) is 7.20. The van der Waals surface area contributed by atoms with E-state index in [2.05, 4.69) is 37.3 Å². The third kappa shape index (κ3) is 4.81. The Bertz CT molecular complexity index is 618. The largest absolute Gasteiger partial charge is 0.489 e. The lowest BCUT2D eigenvalue weighted by molar-refractivity contribution is 0.306. The van der Waals surface area contributed by atoms with Crippen LogP contribution in [-0.2, 0) is 6.61 Å². The molecule has 0 spiro atoms. The second-order valence-corrected chi connectivity index (χ2v) is 4.86. The summed E-state index contributed by atoms with van der Waals surface area (Å²) < 4.78 is 5.74. The van der Waals surface area contributed by atoms with Crippen molar-refractivity contribution >= 4 is 6.08 Å². The predicted octanol–water partition coefficient (Wildman–Crippen LogP) is 4.95. The Morgan fingerprint density at radius 1 is 1.05 bits per heavy atom. The topological polar surface area (TPSA) is 33.0 Å². The lowest BCUT2D eigenvalue weighted by Gasteiger charge is -2.06. The van der Waals surface area contributed by atoms with Crippen LogP contribution in [0.1, 0.15) is 36.5 Å². The second-order valence-electron chi connectivity index (χ2n) is 4.86. The van der Waals surface area contributed by atoms with Gasteiger partial charge in [-0.15, -0.1) is 0 Å². The van der Waals surface area contributed by atoms with Crippen LogP contribution < -0.4 is 4.74 Å². The van der Waals surface area contributed by atoms with E-state index in [1.165, 1.54) is 12.0 Å². The van der Waals surface area contributed by atoms with Gasteiger partial charge in [0.05, 0.1) is 11.6 Å². The molecule has 0 N–H and O–H groups in total. The summed E-state index contributed by atoms with van der Waals surface area (Å²) in [5, 5.41) is 8.75. The molecule has 0 aliphatic carbocycles. The molecule has 2 aromatic rings. The summed E-state index contributed by atoms with van der Waals surface area (Å²) in [6.07, 6.45) is 6.60. The maximum Gasteiger partial charge on any atom is 0.119 e. The van der Waals surface area contributed by atoms with Crippen LogP contribution in [0.2, 0.25) is 0 Å². The molecule has 0 aliphatic rings. The Morgan fingerprint density at radius 2 is 1.76 bits per heavy atom. The van der Waals surface area contributed by atoms with E-state index >= 15 is 0 Å². The molecule has 0 atom stereocenters. The summed E-state index contributed by atoms with van der Waals surface area (Å²) in [7, 11) is 0. The van der Waals surface area contributed by atoms with Gasteiger partial charge in [-0.05, 0) is 41.8 Å². The third-order valence-corrected chi connectivity index (χ3v) is 3.13. The Balaban J connectivity index is 1.89. The van der Waals surface area contributed by atoms with Crippen molar-refractivity contribution in [2.75, 3.05) is 0 Å². The summed E-state index contributed by atoms with van der Waals surface area (Å²) in [5.41, 5.74) is 2.91. The highest BCUT2D eigenvalue weighted by molar-refractivity contribution is 5.50. The number of nitrogens with zero attached hydrogens (tertiary/aromatic N) is 1. The molecule has 0 radical (unpaired) electrons. The Labute approximate surface area is 126 Å². The van der Waals surface area contributed by atoms with Crippen molar-refractivity contribution in [1.82, 2.24) is 0 Å². The Kier molecular flexibility index (Phi) is 5.60. The molecule has 0 heterocycles. The number of allylic oxidation sites excluding steroid dienone is 1. The fourth-order valence-electron chi connectivity index (χ4n) is 1.90. The molecule has 2 aromatic carbocycles. The molecule has 0 saturated carbocycles. The molecule has 106 valence electrons. The first-order chi connectivity index (χ1) is 10.3. The van der Waals surface area contributed by atoms with Gasteiger partial charge in [0, 0.05) is 0 Å². The molecule has 0 aliphatic heterocycles. The van der Waals surface area contributed by atoms with E-state index in [0.29, 0.717) is 12.2 Å². The SMILES string of the molecule is CCC/C=C/c1ccc(OCc2ccc(C#N)cc2)cc1. The van der Waals surface area contributed by atoms with Gasteiger partial charge < -0.3 is 4.74 Å². The molecular weight excluding hydrogens is 258 g/mol. The van der Waals surface area contributed by atoms with Crippen molar-refractivity contribution in [2.45, 2.75) is 26.4 Å². The molecule has 0 fully saturated rings. The van der Waals surface area contributed by atoms with Gasteiger partial charge in [0.2, 0.25) is 0 Å². The quantitative estimate of drug-likeness (QED) is 0.748. The van der Waals surface area contributed by atoms with E-state index in [1.54, 1.807) is 12.1 Å². The minimum absolute atomic E-state index is 0.511. The summed E-state index contributed by atoms with van der Waals surface area (Å²) in [5.74, 6) is 0.854. The fraction of sp³-hybridized carbons (Fsp3) is 0.211. The lowest BCUT2D eigenvalue weighted by Crippen LogP contribution is -1.95. The van der Waals surface area contributed by atoms with E-state index in [-0.39, 0.29) is 0 Å². The molecule has 0 saturated heterocycles. The minimum atomic E-state index is 0.511. The van der Waals surface area contributed by atoms with E-state index in [1.807, 2.05) is 24.3 Å². The molecule has 0 unspecified atom stereocenters. The first-order valence-corrected chi connectivity index (χ1v) is 7.20. The van der Waals surface area contributed by atoms with Crippen LogP contribution in [0.5, 0.6) is 5.75 Å². The standard InChI is InChI=1S/C19H19NO/c1-2-3-4-5-16-10-12-19(13-11-16)21-15-18-8-6-17(14-20)7-9-18/h4-13H,2-3,15H2,1H3/b5-4+. The molecular formula is C19H19NO. The number of nitriles is 1. The number of rotatable bonds is 6. The van der Waals surface area contributed by atoms with Crippen LogP contribution >= 0.6 is 0 Å². The van der Waals surface area contributed by atoms with Crippen molar-refractivity contribution in [3.63, 3.8) is 0 Å². The highest BCUT2D eigenvalue weighted by Crippen LogP contribution is 2.15. The predicted molar refractivity (Wildman–Crippen MR) is 85.9 cm³/mol. The molecule has 0 amide bonds. The van der Waals surface area contributed by atoms with Gasteiger partial charge >= 0.3 is 0 Å². The fourth-order valence-corrected chi connectivity index (χ4v) is 1.90. The van der Waals surface area contributed by atoms with Crippen LogP contribution in [0.4, 0.5) is 0 Å². The van der Waals surface area contributed by atoms with E-state index in [9.17, 15) is 0 Å². The number of ether oxygens (including phenoxy) is 1. The van der Waals surface area contributed by atoms with E-state index < -0.39 is 0 Å². The van der Waals surface area contributed by atoms with Gasteiger partial charge in [-0.1, -0.05) is 49.8 Å². The Morgan fingerprint density at radius 3 is 2.38 bits per heavy atom. The lowest BCUT2D eigenvalue weighted by atomic mass is 10.1. The number of hydrogen-bond donors (Lipinski definition) is 0. The highest BCUT2D eigenvalue weighted by Gasteiger charge is 1.97. The van der Waals surface area contributed by atoms with Gasteiger partial charge in [-0.25, -0.2) is 0 Å². The zero-order valence-electron chi connectivity index (χ0n) is 12.3. The van der Waals surface area contributed by atoms with Crippen molar-refractivity contribution < 1.29 is 4.74 Å². The Hall–Kier alpha value is -2.53. The molecule has 2 rings (SSSR count). The van der Waals surface area contributed by atoms with Crippen LogP contribution in [0.3, 0.4) is 0 Å². The summed E-state index contributed by atoms with van der Waals surface area (Å²) >= 11 is 0. The zero-order chi connectivity index (χ0) is 14.9. The van der Waals surface area contributed by atoms with Gasteiger partial charge in [0.15, 0.2) is 0 Å². The van der Waals surface area contributed by atoms with E-state index in [4.69, 9.17) is 10.00 Å². The summed E-state index contributed by atoms with van der Waals surface area (Å²) in [4.78, 5) is 0. The number of unbranched alkanes of at least 4 members (excludes halogenated alkanes) is 1. The molecule has 2 heteroatoms. The second kappa shape index (κ2) is 7.91. The van der Waals surface area contributed by atoms with Crippen molar-refractivity contribution in [3.05, 3.63) is 71.3 Å². The van der Waals surface area contributed by atoms with Crippen LogP contribution in [0.15, 0.2) is 54.6 Å². The zero-order valence-corrected chi connectivity index (χ0v) is 12.3. The smallest absolute Gasteiger partial charge is 0.119 e. The highest BCUT2D eigenvalue weighted by atomic mass is 16.5. The average Bonchev–Trinajstić information content (AvgIpc) is 2.55. The van der Waals surface area contributed by atoms with Crippen molar-refractivity contribution in [3.8, 4) is 11.8 Å². The number of benzene rings is 2. The number of hydrogen-bond acceptors (Lipinski definition) is 2. The monoisotopic (exact) mass is 277 g/mol. The normalized spacial score (nSPS) is 10.5. The van der Waals surface area contributed by atoms with Gasteiger partial charge in [0.25, 0.3) is 0 Å². The average molecular weight is 277 g/mol. The van der Waals surface area contributed by atoms with Gasteiger partial charge in [0.1, 0.15) is 12.4 Å².